The Labute approximate surface area is 93.7 Å². The van der Waals surface area contributed by atoms with E-state index in [1.54, 1.807) is 6.26 Å². The molecule has 84 valence electrons. The van der Waals surface area contributed by atoms with Gasteiger partial charge in [-0.2, -0.15) is 0 Å². The van der Waals surface area contributed by atoms with Crippen LogP contribution in [0.3, 0.4) is 0 Å². The third-order valence-corrected chi connectivity index (χ3v) is 2.77. The molecule has 0 bridgehead atoms. The lowest BCUT2D eigenvalue weighted by Gasteiger charge is -2.16. The molecule has 3 nitrogen and oxygen atoms in total. The summed E-state index contributed by atoms with van der Waals surface area (Å²) in [6, 6.07) is 7.38. The van der Waals surface area contributed by atoms with E-state index in [2.05, 4.69) is 0 Å². The van der Waals surface area contributed by atoms with E-state index in [9.17, 15) is 9.90 Å². The van der Waals surface area contributed by atoms with Crippen molar-refractivity contribution in [2.75, 3.05) is 0 Å². The lowest BCUT2D eigenvalue weighted by atomic mass is 9.88. The van der Waals surface area contributed by atoms with Crippen molar-refractivity contribution < 1.29 is 14.3 Å². The number of carboxylic acids is 1. The van der Waals surface area contributed by atoms with Crippen molar-refractivity contribution >= 4 is 16.9 Å². The Kier molecular flexibility index (Phi) is 2.69. The van der Waals surface area contributed by atoms with Crippen LogP contribution in [-0.2, 0) is 4.79 Å². The smallest absolute Gasteiger partial charge is 0.311 e. The van der Waals surface area contributed by atoms with E-state index in [1.807, 2.05) is 38.1 Å². The highest BCUT2D eigenvalue weighted by Crippen LogP contribution is 2.28. The van der Waals surface area contributed by atoms with Crippen molar-refractivity contribution in [3.05, 3.63) is 36.1 Å². The molecule has 0 spiro atoms. The molecule has 0 aliphatic rings. The van der Waals surface area contributed by atoms with E-state index in [0.29, 0.717) is 0 Å². The van der Waals surface area contributed by atoms with Crippen molar-refractivity contribution in [2.24, 2.45) is 5.92 Å². The fourth-order valence-electron chi connectivity index (χ4n) is 1.99. The van der Waals surface area contributed by atoms with Gasteiger partial charge in [0.1, 0.15) is 5.58 Å². The summed E-state index contributed by atoms with van der Waals surface area (Å²) >= 11 is 0. The topological polar surface area (TPSA) is 50.4 Å². The van der Waals surface area contributed by atoms with Crippen LogP contribution in [0.15, 0.2) is 34.9 Å². The van der Waals surface area contributed by atoms with Gasteiger partial charge in [0.2, 0.25) is 0 Å². The number of rotatable bonds is 3. The molecule has 0 amide bonds. The predicted molar refractivity (Wildman–Crippen MR) is 61.4 cm³/mol. The Hall–Kier alpha value is -1.77. The molecule has 1 atom stereocenters. The maximum absolute atomic E-state index is 11.2. The van der Waals surface area contributed by atoms with E-state index in [1.165, 1.54) is 0 Å². The second-order valence-electron chi connectivity index (χ2n) is 4.28. The number of hydrogen-bond donors (Lipinski definition) is 1. The molecule has 1 unspecified atom stereocenters. The van der Waals surface area contributed by atoms with Gasteiger partial charge in [-0.3, -0.25) is 4.79 Å². The number of hydrogen-bond acceptors (Lipinski definition) is 2. The van der Waals surface area contributed by atoms with Gasteiger partial charge in [0.15, 0.2) is 0 Å². The summed E-state index contributed by atoms with van der Waals surface area (Å²) in [7, 11) is 0. The SMILES string of the molecule is CC(C)C(C(=O)O)c1ccc2occc2c1. The first-order chi connectivity index (χ1) is 7.59. The number of aliphatic carboxylic acids is 1. The first-order valence-electron chi connectivity index (χ1n) is 5.29. The molecule has 1 heterocycles. The van der Waals surface area contributed by atoms with Crippen LogP contribution in [0.5, 0.6) is 0 Å². The quantitative estimate of drug-likeness (QED) is 0.860. The Balaban J connectivity index is 2.48. The number of carboxylic acid groups (broad SMARTS) is 1. The minimum Gasteiger partial charge on any atom is -0.481 e. The summed E-state index contributed by atoms with van der Waals surface area (Å²) in [4.78, 5) is 11.2. The average molecular weight is 218 g/mol. The first kappa shape index (κ1) is 10.7. The highest BCUT2D eigenvalue weighted by molar-refractivity contribution is 5.82. The van der Waals surface area contributed by atoms with Gasteiger partial charge in [-0.05, 0) is 29.7 Å². The standard InChI is InChI=1S/C13H14O3/c1-8(2)12(13(14)15)10-3-4-11-9(7-10)5-6-16-11/h3-8,12H,1-2H3,(H,14,15). The molecule has 1 aromatic carbocycles. The molecular formula is C13H14O3. The Bertz CT molecular complexity index is 511. The third kappa shape index (κ3) is 1.81. The van der Waals surface area contributed by atoms with Gasteiger partial charge in [-0.15, -0.1) is 0 Å². The molecule has 1 N–H and O–H groups in total. The van der Waals surface area contributed by atoms with Gasteiger partial charge in [0.05, 0.1) is 12.2 Å². The predicted octanol–water partition coefficient (Wildman–Crippen LogP) is 3.26. The van der Waals surface area contributed by atoms with Crippen LogP contribution in [0.4, 0.5) is 0 Å². The maximum Gasteiger partial charge on any atom is 0.311 e. The summed E-state index contributed by atoms with van der Waals surface area (Å²) in [5.41, 5.74) is 1.62. The van der Waals surface area contributed by atoms with Crippen molar-refractivity contribution in [3.63, 3.8) is 0 Å². The summed E-state index contributed by atoms with van der Waals surface area (Å²) < 4.78 is 5.23. The molecule has 2 aromatic rings. The van der Waals surface area contributed by atoms with Crippen LogP contribution >= 0.6 is 0 Å². The summed E-state index contributed by atoms with van der Waals surface area (Å²) in [5, 5.41) is 10.1. The Morgan fingerprint density at radius 2 is 2.06 bits per heavy atom. The van der Waals surface area contributed by atoms with Gasteiger partial charge in [-0.25, -0.2) is 0 Å². The van der Waals surface area contributed by atoms with Gasteiger partial charge in [-0.1, -0.05) is 19.9 Å². The zero-order valence-electron chi connectivity index (χ0n) is 9.31. The monoisotopic (exact) mass is 218 g/mol. The molecule has 0 saturated carbocycles. The number of benzene rings is 1. The van der Waals surface area contributed by atoms with E-state index in [-0.39, 0.29) is 5.92 Å². The Morgan fingerprint density at radius 3 is 2.69 bits per heavy atom. The second-order valence-corrected chi connectivity index (χ2v) is 4.28. The third-order valence-electron chi connectivity index (χ3n) is 2.77. The largest absolute Gasteiger partial charge is 0.481 e. The molecular weight excluding hydrogens is 204 g/mol. The van der Waals surface area contributed by atoms with Gasteiger partial charge in [0.25, 0.3) is 0 Å². The molecule has 3 heteroatoms. The molecule has 1 aromatic heterocycles. The molecule has 0 saturated heterocycles. The molecule has 0 radical (unpaired) electrons. The Morgan fingerprint density at radius 1 is 1.31 bits per heavy atom. The van der Waals surface area contributed by atoms with Crippen molar-refractivity contribution in [1.29, 1.82) is 0 Å². The van der Waals surface area contributed by atoms with Gasteiger partial charge >= 0.3 is 5.97 Å². The minimum atomic E-state index is -0.780. The maximum atomic E-state index is 11.2. The fraction of sp³-hybridized carbons (Fsp3) is 0.308. The molecule has 0 fully saturated rings. The van der Waals surface area contributed by atoms with Crippen molar-refractivity contribution in [3.8, 4) is 0 Å². The van der Waals surface area contributed by atoms with Crippen LogP contribution in [0.1, 0.15) is 25.3 Å². The highest BCUT2D eigenvalue weighted by Gasteiger charge is 2.23. The normalized spacial score (nSPS) is 13.2. The van der Waals surface area contributed by atoms with Crippen molar-refractivity contribution in [1.82, 2.24) is 0 Å². The molecule has 0 aliphatic heterocycles. The van der Waals surface area contributed by atoms with Crippen LogP contribution in [0, 0.1) is 5.92 Å². The van der Waals surface area contributed by atoms with Crippen LogP contribution in [-0.4, -0.2) is 11.1 Å². The summed E-state index contributed by atoms with van der Waals surface area (Å²) in [6.45, 7) is 3.83. The minimum absolute atomic E-state index is 0.0712. The lowest BCUT2D eigenvalue weighted by Crippen LogP contribution is -2.17. The van der Waals surface area contributed by atoms with Crippen LogP contribution in [0.25, 0.3) is 11.0 Å². The van der Waals surface area contributed by atoms with E-state index in [0.717, 1.165) is 16.5 Å². The van der Waals surface area contributed by atoms with E-state index >= 15 is 0 Å². The summed E-state index contributed by atoms with van der Waals surface area (Å²) in [6.07, 6.45) is 1.61. The van der Waals surface area contributed by atoms with Crippen molar-refractivity contribution in [2.45, 2.75) is 19.8 Å². The summed E-state index contributed by atoms with van der Waals surface area (Å²) in [5.74, 6) is -1.17. The zero-order valence-corrected chi connectivity index (χ0v) is 9.31. The second kappa shape index (κ2) is 4.00. The molecule has 2 rings (SSSR count). The lowest BCUT2D eigenvalue weighted by molar-refractivity contribution is -0.139. The number of fused-ring (bicyclic) bond motifs is 1. The highest BCUT2D eigenvalue weighted by atomic mass is 16.4. The first-order valence-corrected chi connectivity index (χ1v) is 5.29. The van der Waals surface area contributed by atoms with E-state index in [4.69, 9.17) is 4.42 Å². The number of furan rings is 1. The molecule has 0 aliphatic carbocycles. The average Bonchev–Trinajstić information content (AvgIpc) is 2.63. The van der Waals surface area contributed by atoms with Gasteiger partial charge in [0, 0.05) is 5.39 Å². The molecule has 16 heavy (non-hydrogen) atoms. The van der Waals surface area contributed by atoms with Crippen LogP contribution < -0.4 is 0 Å². The van der Waals surface area contributed by atoms with Crippen LogP contribution in [0.2, 0.25) is 0 Å². The fourth-order valence-corrected chi connectivity index (χ4v) is 1.99. The number of carbonyl (C=O) groups is 1. The zero-order chi connectivity index (χ0) is 11.7. The van der Waals surface area contributed by atoms with E-state index < -0.39 is 11.9 Å². The van der Waals surface area contributed by atoms with Gasteiger partial charge < -0.3 is 9.52 Å².